The van der Waals surface area contributed by atoms with Crippen LogP contribution < -0.4 is 10.2 Å². The van der Waals surface area contributed by atoms with E-state index in [-0.39, 0.29) is 5.66 Å². The van der Waals surface area contributed by atoms with Gasteiger partial charge in [0.2, 0.25) is 0 Å². The number of nitrogens with zero attached hydrogens (tertiary/aromatic N) is 1. The van der Waals surface area contributed by atoms with Crippen molar-refractivity contribution < 1.29 is 0 Å². The van der Waals surface area contributed by atoms with E-state index in [1.54, 1.807) is 0 Å². The summed E-state index contributed by atoms with van der Waals surface area (Å²) in [6.07, 6.45) is 0. The summed E-state index contributed by atoms with van der Waals surface area (Å²) in [5.74, 6) is 0.517. The van der Waals surface area contributed by atoms with Crippen molar-refractivity contribution in [3.05, 3.63) is 58.6 Å². The van der Waals surface area contributed by atoms with Gasteiger partial charge in [0.1, 0.15) is 10.7 Å². The molecule has 23 heavy (non-hydrogen) atoms. The van der Waals surface area contributed by atoms with Gasteiger partial charge < -0.3 is 10.2 Å². The predicted molar refractivity (Wildman–Crippen MR) is 104 cm³/mol. The highest BCUT2D eigenvalue weighted by Gasteiger charge is 2.36. The van der Waals surface area contributed by atoms with Crippen LogP contribution in [0.4, 0.5) is 11.4 Å². The average Bonchev–Trinajstić information content (AvgIpc) is 2.48. The summed E-state index contributed by atoms with van der Waals surface area (Å²) >= 11 is 11.9. The van der Waals surface area contributed by atoms with Gasteiger partial charge in [-0.05, 0) is 55.7 Å². The third-order valence-corrected chi connectivity index (χ3v) is 4.87. The first-order valence-electron chi connectivity index (χ1n) is 7.82. The van der Waals surface area contributed by atoms with E-state index in [0.717, 1.165) is 21.9 Å². The van der Waals surface area contributed by atoms with Crippen molar-refractivity contribution >= 4 is 40.2 Å². The van der Waals surface area contributed by atoms with Crippen LogP contribution in [-0.2, 0) is 0 Å². The van der Waals surface area contributed by atoms with E-state index in [4.69, 9.17) is 23.8 Å². The Hall–Kier alpha value is -1.58. The van der Waals surface area contributed by atoms with Gasteiger partial charge in [0.05, 0.1) is 0 Å². The molecule has 0 saturated heterocycles. The Balaban J connectivity index is 2.05. The molecule has 0 aliphatic carbocycles. The zero-order chi connectivity index (χ0) is 16.8. The molecule has 4 heteroatoms. The monoisotopic (exact) mass is 344 g/mol. The van der Waals surface area contributed by atoms with Gasteiger partial charge in [-0.1, -0.05) is 49.8 Å². The van der Waals surface area contributed by atoms with E-state index < -0.39 is 0 Å². The van der Waals surface area contributed by atoms with E-state index in [2.05, 4.69) is 62.2 Å². The maximum absolute atomic E-state index is 6.16. The van der Waals surface area contributed by atoms with Crippen molar-refractivity contribution in [1.29, 1.82) is 0 Å². The van der Waals surface area contributed by atoms with Crippen LogP contribution in [-0.4, -0.2) is 10.7 Å². The zero-order valence-corrected chi connectivity index (χ0v) is 15.4. The van der Waals surface area contributed by atoms with Gasteiger partial charge in [-0.25, -0.2) is 0 Å². The van der Waals surface area contributed by atoms with Crippen LogP contribution in [0.5, 0.6) is 0 Å². The van der Waals surface area contributed by atoms with Crippen molar-refractivity contribution in [3.63, 3.8) is 0 Å². The van der Waals surface area contributed by atoms with E-state index in [9.17, 15) is 0 Å². The summed E-state index contributed by atoms with van der Waals surface area (Å²) in [7, 11) is 0. The molecule has 0 saturated carbocycles. The molecule has 0 amide bonds. The molecule has 2 aromatic carbocycles. The van der Waals surface area contributed by atoms with Crippen LogP contribution in [0.3, 0.4) is 0 Å². The van der Waals surface area contributed by atoms with Crippen molar-refractivity contribution in [2.45, 2.75) is 39.3 Å². The Morgan fingerprint density at radius 3 is 2.35 bits per heavy atom. The van der Waals surface area contributed by atoms with E-state index in [0.29, 0.717) is 10.9 Å². The van der Waals surface area contributed by atoms with Crippen LogP contribution in [0.15, 0.2) is 42.5 Å². The number of fused-ring (bicyclic) bond motifs is 1. The van der Waals surface area contributed by atoms with Crippen molar-refractivity contribution in [2.75, 3.05) is 10.2 Å². The first-order chi connectivity index (χ1) is 10.8. The maximum atomic E-state index is 6.16. The van der Waals surface area contributed by atoms with Gasteiger partial charge in [-0.2, -0.15) is 0 Å². The van der Waals surface area contributed by atoms with Crippen molar-refractivity contribution in [1.82, 2.24) is 0 Å². The lowest BCUT2D eigenvalue weighted by Gasteiger charge is -2.46. The van der Waals surface area contributed by atoms with Crippen LogP contribution >= 0.6 is 23.8 Å². The Bertz CT molecular complexity index is 750. The quantitative estimate of drug-likeness (QED) is 0.692. The lowest BCUT2D eigenvalue weighted by Crippen LogP contribution is -2.56. The molecular formula is C19H21ClN2S. The van der Waals surface area contributed by atoms with Gasteiger partial charge >= 0.3 is 0 Å². The zero-order valence-electron chi connectivity index (χ0n) is 13.9. The summed E-state index contributed by atoms with van der Waals surface area (Å²) in [5.41, 5.74) is 4.10. The van der Waals surface area contributed by atoms with Gasteiger partial charge in [0, 0.05) is 22.0 Å². The molecule has 0 unspecified atom stereocenters. The third kappa shape index (κ3) is 2.96. The van der Waals surface area contributed by atoms with Crippen LogP contribution in [0, 0.1) is 0 Å². The molecule has 1 heterocycles. The smallest absolute Gasteiger partial charge is 0.117 e. The highest BCUT2D eigenvalue weighted by molar-refractivity contribution is 7.81. The van der Waals surface area contributed by atoms with Gasteiger partial charge in [0.15, 0.2) is 0 Å². The lowest BCUT2D eigenvalue weighted by atomic mass is 9.99. The summed E-state index contributed by atoms with van der Waals surface area (Å²) in [5, 5.41) is 4.26. The molecule has 0 radical (unpaired) electrons. The first-order valence-corrected chi connectivity index (χ1v) is 8.60. The van der Waals surface area contributed by atoms with Crippen LogP contribution in [0.25, 0.3) is 0 Å². The van der Waals surface area contributed by atoms with E-state index in [1.165, 1.54) is 5.56 Å². The number of anilines is 2. The van der Waals surface area contributed by atoms with Gasteiger partial charge in [-0.3, -0.25) is 0 Å². The van der Waals surface area contributed by atoms with E-state index >= 15 is 0 Å². The molecule has 120 valence electrons. The van der Waals surface area contributed by atoms with Crippen LogP contribution in [0.2, 0.25) is 5.02 Å². The standard InChI is InChI=1S/C19H21ClN2S/c1-12(2)13-5-8-15(9-6-13)22-18(23)16-11-14(20)7-10-17(16)21-19(22,3)4/h5-12,21H,1-4H3. The SMILES string of the molecule is CC(C)c1ccc(N2C(=S)c3cc(Cl)ccc3NC2(C)C)cc1. The van der Waals surface area contributed by atoms with Gasteiger partial charge in [0.25, 0.3) is 0 Å². The Labute approximate surface area is 148 Å². The van der Waals surface area contributed by atoms with Crippen LogP contribution in [0.1, 0.15) is 44.7 Å². The second-order valence-electron chi connectivity index (χ2n) is 6.76. The largest absolute Gasteiger partial charge is 0.362 e. The fraction of sp³-hybridized carbons (Fsp3) is 0.316. The number of benzene rings is 2. The fourth-order valence-electron chi connectivity index (χ4n) is 3.01. The van der Waals surface area contributed by atoms with Crippen molar-refractivity contribution in [3.8, 4) is 0 Å². The molecule has 0 bridgehead atoms. The topological polar surface area (TPSA) is 15.3 Å². The molecule has 1 N–H and O–H groups in total. The summed E-state index contributed by atoms with van der Waals surface area (Å²) in [4.78, 5) is 2.95. The molecule has 1 aliphatic rings. The lowest BCUT2D eigenvalue weighted by molar-refractivity contribution is 0.585. The molecule has 1 aliphatic heterocycles. The summed E-state index contributed by atoms with van der Waals surface area (Å²) in [6, 6.07) is 14.4. The maximum Gasteiger partial charge on any atom is 0.117 e. The number of hydrogen-bond acceptors (Lipinski definition) is 2. The Kier molecular flexibility index (Phi) is 4.11. The molecule has 3 rings (SSSR count). The molecule has 0 fully saturated rings. The predicted octanol–water partition coefficient (Wildman–Crippen LogP) is 5.81. The molecule has 0 atom stereocenters. The van der Waals surface area contributed by atoms with E-state index in [1.807, 2.05) is 18.2 Å². The third-order valence-electron chi connectivity index (χ3n) is 4.23. The Morgan fingerprint density at radius 2 is 1.74 bits per heavy atom. The number of nitrogens with one attached hydrogen (secondary N) is 1. The van der Waals surface area contributed by atoms with Gasteiger partial charge in [-0.15, -0.1) is 0 Å². The molecule has 0 spiro atoms. The number of thiocarbonyl (C=S) groups is 1. The number of halogens is 1. The Morgan fingerprint density at radius 1 is 1.09 bits per heavy atom. The average molecular weight is 345 g/mol. The minimum absolute atomic E-state index is 0.308. The fourth-order valence-corrected chi connectivity index (χ4v) is 3.69. The molecular weight excluding hydrogens is 324 g/mol. The summed E-state index contributed by atoms with van der Waals surface area (Å²) < 4.78 is 0. The van der Waals surface area contributed by atoms with Crippen molar-refractivity contribution in [2.24, 2.45) is 0 Å². The molecule has 0 aromatic heterocycles. The highest BCUT2D eigenvalue weighted by atomic mass is 35.5. The number of rotatable bonds is 2. The highest BCUT2D eigenvalue weighted by Crippen LogP contribution is 2.36. The molecule has 2 nitrogen and oxygen atoms in total. The number of hydrogen-bond donors (Lipinski definition) is 1. The molecule has 2 aromatic rings. The normalized spacial score (nSPS) is 16.3. The second kappa shape index (κ2) is 5.81. The second-order valence-corrected chi connectivity index (χ2v) is 7.58. The minimum Gasteiger partial charge on any atom is -0.362 e. The first kappa shape index (κ1) is 16.3. The minimum atomic E-state index is -0.308. The summed E-state index contributed by atoms with van der Waals surface area (Å²) in [6.45, 7) is 8.66.